The Morgan fingerprint density at radius 1 is 1.05 bits per heavy atom. The first-order valence-corrected chi connectivity index (χ1v) is 5.93. The molecule has 3 nitrogen and oxygen atoms in total. The molecule has 1 aromatic heterocycles. The SMILES string of the molecule is Nc1nc2cc(Cl)ccc2n1-c1c(F)cc(F)cc1F. The summed E-state index contributed by atoms with van der Waals surface area (Å²) in [5.74, 6) is -3.26. The van der Waals surface area contributed by atoms with Crippen LogP contribution in [0.2, 0.25) is 5.02 Å². The fourth-order valence-corrected chi connectivity index (χ4v) is 2.22. The second-order valence-corrected chi connectivity index (χ2v) is 4.59. The molecule has 2 aromatic carbocycles. The highest BCUT2D eigenvalue weighted by Crippen LogP contribution is 2.28. The molecule has 0 spiro atoms. The topological polar surface area (TPSA) is 43.8 Å². The van der Waals surface area contributed by atoms with Crippen LogP contribution in [-0.4, -0.2) is 9.55 Å². The van der Waals surface area contributed by atoms with Gasteiger partial charge in [-0.3, -0.25) is 4.57 Å². The summed E-state index contributed by atoms with van der Waals surface area (Å²) >= 11 is 5.82. The van der Waals surface area contributed by atoms with Crippen LogP contribution in [-0.2, 0) is 0 Å². The number of halogens is 4. The predicted octanol–water partition coefficient (Wildman–Crippen LogP) is 3.68. The highest BCUT2D eigenvalue weighted by molar-refractivity contribution is 6.31. The van der Waals surface area contributed by atoms with Crippen LogP contribution >= 0.6 is 11.6 Å². The fraction of sp³-hybridized carbons (Fsp3) is 0. The van der Waals surface area contributed by atoms with Gasteiger partial charge in [-0.15, -0.1) is 0 Å². The molecular formula is C13H7ClF3N3. The van der Waals surface area contributed by atoms with Gasteiger partial charge in [-0.2, -0.15) is 0 Å². The van der Waals surface area contributed by atoms with Gasteiger partial charge in [0.25, 0.3) is 0 Å². The molecule has 1 heterocycles. The van der Waals surface area contributed by atoms with Crippen molar-refractivity contribution in [3.8, 4) is 5.69 Å². The van der Waals surface area contributed by atoms with E-state index in [0.717, 1.165) is 4.57 Å². The van der Waals surface area contributed by atoms with Crippen LogP contribution < -0.4 is 5.73 Å². The van der Waals surface area contributed by atoms with E-state index in [-0.39, 0.29) is 5.95 Å². The number of nitrogens with zero attached hydrogens (tertiary/aromatic N) is 2. The van der Waals surface area contributed by atoms with E-state index in [1.54, 1.807) is 6.07 Å². The Kier molecular flexibility index (Phi) is 2.83. The van der Waals surface area contributed by atoms with Crippen LogP contribution in [0, 0.1) is 17.5 Å². The molecule has 2 N–H and O–H groups in total. The quantitative estimate of drug-likeness (QED) is 0.744. The lowest BCUT2D eigenvalue weighted by atomic mass is 10.2. The van der Waals surface area contributed by atoms with E-state index in [1.165, 1.54) is 12.1 Å². The van der Waals surface area contributed by atoms with Gasteiger partial charge in [0.2, 0.25) is 5.95 Å². The van der Waals surface area contributed by atoms with E-state index < -0.39 is 23.1 Å². The van der Waals surface area contributed by atoms with Gasteiger partial charge in [-0.1, -0.05) is 11.6 Å². The molecule has 0 bridgehead atoms. The standard InChI is InChI=1S/C13H7ClF3N3/c14-6-1-2-11-10(3-6)19-13(18)20(11)12-8(16)4-7(15)5-9(12)17/h1-5H,(H2,18,19). The van der Waals surface area contributed by atoms with Crippen molar-refractivity contribution in [3.05, 3.63) is 52.8 Å². The molecule has 0 amide bonds. The Labute approximate surface area is 116 Å². The van der Waals surface area contributed by atoms with E-state index in [4.69, 9.17) is 17.3 Å². The number of fused-ring (bicyclic) bond motifs is 1. The number of nitrogens with two attached hydrogens (primary N) is 1. The molecule has 0 saturated heterocycles. The molecule has 3 aromatic rings. The van der Waals surface area contributed by atoms with Crippen molar-refractivity contribution in [2.45, 2.75) is 0 Å². The van der Waals surface area contributed by atoms with Gasteiger partial charge in [0.05, 0.1) is 11.0 Å². The van der Waals surface area contributed by atoms with E-state index in [1.807, 2.05) is 0 Å². The Morgan fingerprint density at radius 3 is 2.35 bits per heavy atom. The number of nitrogen functional groups attached to an aromatic ring is 1. The molecule has 0 aliphatic heterocycles. The zero-order valence-electron chi connectivity index (χ0n) is 9.87. The van der Waals surface area contributed by atoms with Gasteiger partial charge >= 0.3 is 0 Å². The molecule has 20 heavy (non-hydrogen) atoms. The second kappa shape index (κ2) is 4.42. The molecule has 0 radical (unpaired) electrons. The molecule has 0 saturated carbocycles. The minimum atomic E-state index is -1.07. The fourth-order valence-electron chi connectivity index (χ4n) is 2.06. The monoisotopic (exact) mass is 297 g/mol. The average Bonchev–Trinajstić information content (AvgIpc) is 2.64. The van der Waals surface area contributed by atoms with Crippen LogP contribution in [0.15, 0.2) is 30.3 Å². The van der Waals surface area contributed by atoms with E-state index in [2.05, 4.69) is 4.98 Å². The summed E-state index contributed by atoms with van der Waals surface area (Å²) in [5.41, 5.74) is 5.97. The summed E-state index contributed by atoms with van der Waals surface area (Å²) in [4.78, 5) is 3.98. The van der Waals surface area contributed by atoms with Crippen LogP contribution in [0.4, 0.5) is 19.1 Å². The maximum atomic E-state index is 13.9. The average molecular weight is 298 g/mol. The van der Waals surface area contributed by atoms with Gasteiger partial charge in [-0.05, 0) is 18.2 Å². The Balaban J connectivity index is 2.38. The maximum Gasteiger partial charge on any atom is 0.206 e. The Hall–Kier alpha value is -2.21. The van der Waals surface area contributed by atoms with Crippen LogP contribution in [0.1, 0.15) is 0 Å². The molecule has 7 heteroatoms. The van der Waals surface area contributed by atoms with Crippen molar-refractivity contribution in [2.75, 3.05) is 5.73 Å². The summed E-state index contributed by atoms with van der Waals surface area (Å²) in [6, 6.07) is 5.76. The highest BCUT2D eigenvalue weighted by atomic mass is 35.5. The largest absolute Gasteiger partial charge is 0.369 e. The van der Waals surface area contributed by atoms with Gasteiger partial charge in [0.1, 0.15) is 11.5 Å². The molecule has 0 fully saturated rings. The summed E-state index contributed by atoms with van der Waals surface area (Å²) in [5, 5.41) is 0.419. The summed E-state index contributed by atoms with van der Waals surface area (Å²) < 4.78 is 41.7. The maximum absolute atomic E-state index is 13.9. The van der Waals surface area contributed by atoms with Crippen LogP contribution in [0.25, 0.3) is 16.7 Å². The number of hydrogen-bond donors (Lipinski definition) is 1. The zero-order chi connectivity index (χ0) is 14.4. The lowest BCUT2D eigenvalue weighted by Gasteiger charge is -2.09. The third-order valence-electron chi connectivity index (χ3n) is 2.85. The minimum absolute atomic E-state index is 0.119. The van der Waals surface area contributed by atoms with Crippen LogP contribution in [0.5, 0.6) is 0 Å². The zero-order valence-corrected chi connectivity index (χ0v) is 10.6. The van der Waals surface area contributed by atoms with Gasteiger partial charge in [0.15, 0.2) is 11.6 Å². The normalized spacial score (nSPS) is 11.2. The molecule has 102 valence electrons. The first kappa shape index (κ1) is 12.8. The summed E-state index contributed by atoms with van der Waals surface area (Å²) in [6.45, 7) is 0. The van der Waals surface area contributed by atoms with Crippen molar-refractivity contribution in [3.63, 3.8) is 0 Å². The van der Waals surface area contributed by atoms with Gasteiger partial charge in [0, 0.05) is 17.2 Å². The number of aromatic nitrogens is 2. The van der Waals surface area contributed by atoms with Crippen molar-refractivity contribution < 1.29 is 13.2 Å². The number of anilines is 1. The first-order valence-electron chi connectivity index (χ1n) is 5.56. The van der Waals surface area contributed by atoms with Gasteiger partial charge in [-0.25, -0.2) is 18.2 Å². The molecule has 0 aliphatic rings. The Bertz CT molecular complexity index is 806. The molecule has 0 unspecified atom stereocenters. The van der Waals surface area contributed by atoms with Crippen LogP contribution in [0.3, 0.4) is 0 Å². The van der Waals surface area contributed by atoms with Crippen molar-refractivity contribution in [2.24, 2.45) is 0 Å². The van der Waals surface area contributed by atoms with E-state index >= 15 is 0 Å². The highest BCUT2D eigenvalue weighted by Gasteiger charge is 2.19. The predicted molar refractivity (Wildman–Crippen MR) is 70.4 cm³/mol. The number of benzene rings is 2. The smallest absolute Gasteiger partial charge is 0.206 e. The van der Waals surface area contributed by atoms with Crippen molar-refractivity contribution >= 4 is 28.6 Å². The molecule has 0 aliphatic carbocycles. The summed E-state index contributed by atoms with van der Waals surface area (Å²) in [7, 11) is 0. The van der Waals surface area contributed by atoms with E-state index in [0.29, 0.717) is 28.2 Å². The number of imidazole rings is 1. The van der Waals surface area contributed by atoms with E-state index in [9.17, 15) is 13.2 Å². The molecule has 0 atom stereocenters. The van der Waals surface area contributed by atoms with Crippen molar-refractivity contribution in [1.82, 2.24) is 9.55 Å². The molecular weight excluding hydrogens is 291 g/mol. The second-order valence-electron chi connectivity index (χ2n) is 4.16. The first-order chi connectivity index (χ1) is 9.47. The lowest BCUT2D eigenvalue weighted by Crippen LogP contribution is -2.06. The summed E-state index contributed by atoms with van der Waals surface area (Å²) in [6.07, 6.45) is 0. The van der Waals surface area contributed by atoms with Gasteiger partial charge < -0.3 is 5.73 Å². The molecule has 3 rings (SSSR count). The third kappa shape index (κ3) is 1.89. The lowest BCUT2D eigenvalue weighted by molar-refractivity contribution is 0.536. The number of hydrogen-bond acceptors (Lipinski definition) is 2. The third-order valence-corrected chi connectivity index (χ3v) is 3.08. The minimum Gasteiger partial charge on any atom is -0.369 e. The number of rotatable bonds is 1. The Morgan fingerprint density at radius 2 is 1.70 bits per heavy atom. The van der Waals surface area contributed by atoms with Crippen molar-refractivity contribution in [1.29, 1.82) is 0 Å².